The zero-order valence-electron chi connectivity index (χ0n) is 10.7. The molecule has 21 heavy (non-hydrogen) atoms. The molecule has 2 aromatic heterocycles. The number of halogens is 1. The fourth-order valence-electron chi connectivity index (χ4n) is 1.75. The lowest BCUT2D eigenvalue weighted by Gasteiger charge is -2.06. The number of pyridine rings is 1. The number of carbonyl (C=O) groups is 1. The van der Waals surface area contributed by atoms with E-state index in [0.717, 1.165) is 5.56 Å². The largest absolute Gasteiger partial charge is 0.423 e. The Labute approximate surface area is 124 Å². The first-order valence-corrected chi connectivity index (χ1v) is 6.40. The Kier molecular flexibility index (Phi) is 3.61. The molecule has 0 saturated heterocycles. The van der Waals surface area contributed by atoms with Gasteiger partial charge in [-0.1, -0.05) is 11.6 Å². The normalized spacial score (nSPS) is 10.3. The summed E-state index contributed by atoms with van der Waals surface area (Å²) in [4.78, 5) is 15.9. The average molecular weight is 301 g/mol. The summed E-state index contributed by atoms with van der Waals surface area (Å²) in [6.07, 6.45) is 2.79. The molecule has 3 rings (SSSR count). The van der Waals surface area contributed by atoms with Crippen molar-refractivity contribution in [2.45, 2.75) is 0 Å². The molecule has 0 unspecified atom stereocenters. The lowest BCUT2D eigenvalue weighted by molar-refractivity contribution is 0.102. The second-order valence-corrected chi connectivity index (χ2v) is 4.48. The van der Waals surface area contributed by atoms with Crippen molar-refractivity contribution in [1.82, 2.24) is 15.2 Å². The lowest BCUT2D eigenvalue weighted by atomic mass is 10.2. The van der Waals surface area contributed by atoms with Gasteiger partial charge in [-0.05, 0) is 36.4 Å². The van der Waals surface area contributed by atoms with Crippen LogP contribution in [0.5, 0.6) is 0 Å². The van der Waals surface area contributed by atoms with Gasteiger partial charge in [-0.2, -0.15) is 0 Å². The second-order valence-electron chi connectivity index (χ2n) is 4.12. The van der Waals surface area contributed by atoms with Gasteiger partial charge in [0.15, 0.2) is 0 Å². The first-order valence-electron chi connectivity index (χ1n) is 6.02. The Morgan fingerprint density at radius 2 is 2.00 bits per heavy atom. The third-order valence-corrected chi connectivity index (χ3v) is 3.05. The molecule has 0 aliphatic rings. The van der Waals surface area contributed by atoms with E-state index < -0.39 is 0 Å². The Bertz CT molecular complexity index is 757. The number of hydrogen-bond acceptors (Lipinski definition) is 5. The van der Waals surface area contributed by atoms with Crippen LogP contribution in [0.25, 0.3) is 11.5 Å². The Morgan fingerprint density at radius 1 is 1.19 bits per heavy atom. The van der Waals surface area contributed by atoms with E-state index in [1.165, 1.54) is 12.6 Å². The molecule has 0 spiro atoms. The minimum absolute atomic E-state index is 0.164. The highest BCUT2D eigenvalue weighted by molar-refractivity contribution is 6.33. The van der Waals surface area contributed by atoms with E-state index in [0.29, 0.717) is 17.1 Å². The number of amides is 1. The summed E-state index contributed by atoms with van der Waals surface area (Å²) in [5.41, 5.74) is 1.72. The van der Waals surface area contributed by atoms with Gasteiger partial charge in [0.25, 0.3) is 5.91 Å². The van der Waals surface area contributed by atoms with Crippen molar-refractivity contribution in [3.63, 3.8) is 0 Å². The molecule has 0 atom stereocenters. The molecule has 6 nitrogen and oxygen atoms in total. The van der Waals surface area contributed by atoms with Crippen LogP contribution in [0, 0.1) is 0 Å². The maximum atomic E-state index is 12.1. The van der Waals surface area contributed by atoms with Crippen LogP contribution in [0.15, 0.2) is 53.4 Å². The highest BCUT2D eigenvalue weighted by atomic mass is 35.5. The molecule has 1 amide bonds. The second kappa shape index (κ2) is 5.72. The Balaban J connectivity index is 1.77. The summed E-state index contributed by atoms with van der Waals surface area (Å²) in [5.74, 6) is 0.0989. The quantitative estimate of drug-likeness (QED) is 0.752. The van der Waals surface area contributed by atoms with E-state index >= 15 is 0 Å². The minimum Gasteiger partial charge on any atom is -0.423 e. The van der Waals surface area contributed by atoms with E-state index in [1.807, 2.05) is 0 Å². The van der Waals surface area contributed by atoms with Crippen molar-refractivity contribution in [3.05, 3.63) is 59.7 Å². The maximum absolute atomic E-state index is 12.1. The monoisotopic (exact) mass is 300 g/mol. The highest BCUT2D eigenvalue weighted by Crippen LogP contribution is 2.20. The molecule has 0 saturated carbocycles. The van der Waals surface area contributed by atoms with Gasteiger partial charge >= 0.3 is 0 Å². The van der Waals surface area contributed by atoms with Crippen LogP contribution in [0.4, 0.5) is 5.69 Å². The molecule has 0 radical (unpaired) electrons. The van der Waals surface area contributed by atoms with E-state index in [-0.39, 0.29) is 11.1 Å². The van der Waals surface area contributed by atoms with E-state index in [2.05, 4.69) is 20.5 Å². The summed E-state index contributed by atoms with van der Waals surface area (Å²) in [6.45, 7) is 0. The van der Waals surface area contributed by atoms with Crippen LogP contribution in [-0.4, -0.2) is 21.1 Å². The van der Waals surface area contributed by atoms with Gasteiger partial charge in [-0.25, -0.2) is 4.98 Å². The number of nitrogens with zero attached hydrogens (tertiary/aromatic N) is 3. The van der Waals surface area contributed by atoms with Gasteiger partial charge in [-0.15, -0.1) is 10.2 Å². The topological polar surface area (TPSA) is 80.9 Å². The number of benzene rings is 1. The molecule has 1 aromatic carbocycles. The van der Waals surface area contributed by atoms with Crippen molar-refractivity contribution >= 4 is 23.2 Å². The Hall–Kier alpha value is -2.73. The number of nitrogens with one attached hydrogen (secondary N) is 1. The van der Waals surface area contributed by atoms with E-state index in [4.69, 9.17) is 16.0 Å². The molecule has 1 N–H and O–H groups in total. The molecular formula is C14H9ClN4O2. The first-order chi connectivity index (χ1) is 10.2. The fourth-order valence-corrected chi connectivity index (χ4v) is 1.95. The van der Waals surface area contributed by atoms with Crippen LogP contribution < -0.4 is 5.32 Å². The zero-order chi connectivity index (χ0) is 14.7. The minimum atomic E-state index is -0.321. The number of anilines is 1. The third-order valence-electron chi connectivity index (χ3n) is 2.75. The number of aromatic nitrogens is 3. The van der Waals surface area contributed by atoms with Crippen LogP contribution in [0.3, 0.4) is 0 Å². The average Bonchev–Trinajstić information content (AvgIpc) is 3.02. The lowest BCUT2D eigenvalue weighted by Crippen LogP contribution is -2.12. The molecule has 0 bridgehead atoms. The van der Waals surface area contributed by atoms with Crippen molar-refractivity contribution in [1.29, 1.82) is 0 Å². The summed E-state index contributed by atoms with van der Waals surface area (Å²) in [7, 11) is 0. The predicted molar refractivity (Wildman–Crippen MR) is 76.9 cm³/mol. The Morgan fingerprint density at radius 3 is 2.67 bits per heavy atom. The molecule has 0 aliphatic carbocycles. The van der Waals surface area contributed by atoms with E-state index in [9.17, 15) is 4.79 Å². The van der Waals surface area contributed by atoms with Crippen molar-refractivity contribution < 1.29 is 9.21 Å². The maximum Gasteiger partial charge on any atom is 0.258 e. The molecule has 104 valence electrons. The smallest absolute Gasteiger partial charge is 0.258 e. The van der Waals surface area contributed by atoms with Gasteiger partial charge in [0, 0.05) is 17.4 Å². The number of hydrogen-bond donors (Lipinski definition) is 1. The van der Waals surface area contributed by atoms with Crippen LogP contribution >= 0.6 is 11.6 Å². The van der Waals surface area contributed by atoms with E-state index in [1.54, 1.807) is 36.4 Å². The zero-order valence-corrected chi connectivity index (χ0v) is 11.4. The fraction of sp³-hybridized carbons (Fsp3) is 0. The molecule has 0 fully saturated rings. The van der Waals surface area contributed by atoms with Crippen LogP contribution in [0.2, 0.25) is 5.15 Å². The van der Waals surface area contributed by atoms with Crippen molar-refractivity contribution in [2.75, 3.05) is 5.32 Å². The van der Waals surface area contributed by atoms with Crippen LogP contribution in [-0.2, 0) is 0 Å². The van der Waals surface area contributed by atoms with Gasteiger partial charge in [0.1, 0.15) is 5.15 Å². The third kappa shape index (κ3) is 2.90. The summed E-state index contributed by atoms with van der Waals surface area (Å²) in [6, 6.07) is 10.3. The highest BCUT2D eigenvalue weighted by Gasteiger charge is 2.11. The van der Waals surface area contributed by atoms with Crippen LogP contribution in [0.1, 0.15) is 10.4 Å². The van der Waals surface area contributed by atoms with Crippen molar-refractivity contribution in [3.8, 4) is 11.5 Å². The summed E-state index contributed by atoms with van der Waals surface area (Å²) in [5, 5.41) is 10.3. The summed E-state index contributed by atoms with van der Waals surface area (Å²) < 4.78 is 5.09. The number of carbonyl (C=O) groups excluding carboxylic acids is 1. The SMILES string of the molecule is O=C(Nc1ccc(-c2nnco2)cc1)c1cccnc1Cl. The predicted octanol–water partition coefficient (Wildman–Crippen LogP) is 3.04. The summed E-state index contributed by atoms with van der Waals surface area (Å²) >= 11 is 5.88. The van der Waals surface area contributed by atoms with Gasteiger partial charge < -0.3 is 9.73 Å². The molecule has 0 aliphatic heterocycles. The molecular weight excluding hydrogens is 292 g/mol. The number of rotatable bonds is 3. The first kappa shape index (κ1) is 13.3. The van der Waals surface area contributed by atoms with Gasteiger partial charge in [0.2, 0.25) is 12.3 Å². The van der Waals surface area contributed by atoms with Crippen molar-refractivity contribution in [2.24, 2.45) is 0 Å². The standard InChI is InChI=1S/C14H9ClN4O2/c15-12-11(2-1-7-16-12)13(20)18-10-5-3-9(4-6-10)14-19-17-8-21-14/h1-8H,(H,18,20). The molecule has 2 heterocycles. The van der Waals surface area contributed by atoms with Gasteiger partial charge in [-0.3, -0.25) is 4.79 Å². The molecule has 7 heteroatoms. The van der Waals surface area contributed by atoms with Gasteiger partial charge in [0.05, 0.1) is 5.56 Å². The molecule has 3 aromatic rings.